The topological polar surface area (TPSA) is 29.1 Å². The molecule has 0 aliphatic rings. The summed E-state index contributed by atoms with van der Waals surface area (Å²) in [5.74, 6) is 0.167. The van der Waals surface area contributed by atoms with Gasteiger partial charge in [-0.2, -0.15) is 0 Å². The van der Waals surface area contributed by atoms with Gasteiger partial charge in [0.2, 0.25) is 0 Å². The van der Waals surface area contributed by atoms with Crippen LogP contribution in [0, 0.1) is 13.8 Å². The number of hydrogen-bond donors (Lipinski definition) is 1. The molecule has 0 saturated heterocycles. The SMILES string of the molecule is CCNC(C)C(=O)c1ccc(C)c(C)c1. The largest absolute Gasteiger partial charge is 0.308 e. The molecule has 0 aromatic heterocycles. The Morgan fingerprint density at radius 3 is 2.53 bits per heavy atom. The van der Waals surface area contributed by atoms with E-state index >= 15 is 0 Å². The smallest absolute Gasteiger partial charge is 0.179 e. The number of benzene rings is 1. The van der Waals surface area contributed by atoms with Crippen LogP contribution in [0.2, 0.25) is 0 Å². The van der Waals surface area contributed by atoms with Crippen molar-refractivity contribution in [3.05, 3.63) is 34.9 Å². The molecule has 15 heavy (non-hydrogen) atoms. The van der Waals surface area contributed by atoms with E-state index < -0.39 is 0 Å². The second kappa shape index (κ2) is 5.08. The maximum Gasteiger partial charge on any atom is 0.179 e. The van der Waals surface area contributed by atoms with Crippen molar-refractivity contribution in [1.82, 2.24) is 5.32 Å². The standard InChI is InChI=1S/C13H19NO/c1-5-14-11(4)13(15)12-7-6-9(2)10(3)8-12/h6-8,11,14H,5H2,1-4H3. The van der Waals surface area contributed by atoms with Crippen LogP contribution in [-0.2, 0) is 0 Å². The summed E-state index contributed by atoms with van der Waals surface area (Å²) < 4.78 is 0. The van der Waals surface area contributed by atoms with E-state index in [1.807, 2.05) is 39.0 Å². The molecule has 1 aromatic rings. The van der Waals surface area contributed by atoms with Gasteiger partial charge < -0.3 is 5.32 Å². The summed E-state index contributed by atoms with van der Waals surface area (Å²) in [4.78, 5) is 11.9. The Bertz CT molecular complexity index is 358. The maximum absolute atomic E-state index is 11.9. The van der Waals surface area contributed by atoms with Crippen LogP contribution in [0.4, 0.5) is 0 Å². The second-order valence-electron chi connectivity index (χ2n) is 3.94. The van der Waals surface area contributed by atoms with E-state index in [0.717, 1.165) is 12.1 Å². The van der Waals surface area contributed by atoms with Gasteiger partial charge in [0.15, 0.2) is 5.78 Å². The van der Waals surface area contributed by atoms with Crippen LogP contribution in [0.15, 0.2) is 18.2 Å². The van der Waals surface area contributed by atoms with Gasteiger partial charge in [0.25, 0.3) is 0 Å². The minimum atomic E-state index is -0.0999. The molecular weight excluding hydrogens is 186 g/mol. The van der Waals surface area contributed by atoms with Crippen LogP contribution in [0.25, 0.3) is 0 Å². The van der Waals surface area contributed by atoms with Crippen molar-refractivity contribution in [1.29, 1.82) is 0 Å². The van der Waals surface area contributed by atoms with Gasteiger partial charge in [0, 0.05) is 5.56 Å². The van der Waals surface area contributed by atoms with E-state index in [2.05, 4.69) is 12.2 Å². The fourth-order valence-electron chi connectivity index (χ4n) is 1.54. The Morgan fingerprint density at radius 1 is 1.33 bits per heavy atom. The molecule has 1 atom stereocenters. The predicted octanol–water partition coefficient (Wildman–Crippen LogP) is 2.48. The van der Waals surface area contributed by atoms with Crippen molar-refractivity contribution in [2.24, 2.45) is 0 Å². The van der Waals surface area contributed by atoms with E-state index in [1.54, 1.807) is 0 Å². The first kappa shape index (κ1) is 11.9. The van der Waals surface area contributed by atoms with Crippen LogP contribution in [0.1, 0.15) is 35.3 Å². The van der Waals surface area contributed by atoms with Gasteiger partial charge in [-0.05, 0) is 44.5 Å². The Labute approximate surface area is 91.7 Å². The molecule has 0 aliphatic carbocycles. The molecule has 1 N–H and O–H groups in total. The quantitative estimate of drug-likeness (QED) is 0.765. The fraction of sp³-hybridized carbons (Fsp3) is 0.462. The predicted molar refractivity (Wildman–Crippen MR) is 63.4 cm³/mol. The zero-order valence-electron chi connectivity index (χ0n) is 9.92. The van der Waals surface area contributed by atoms with Crippen molar-refractivity contribution in [3.63, 3.8) is 0 Å². The third-order valence-corrected chi connectivity index (χ3v) is 2.70. The molecule has 0 heterocycles. The van der Waals surface area contributed by atoms with Crippen molar-refractivity contribution in [2.45, 2.75) is 33.7 Å². The molecular formula is C13H19NO. The molecule has 1 unspecified atom stereocenters. The molecule has 0 aliphatic heterocycles. The van der Waals surface area contributed by atoms with Crippen LogP contribution in [0.5, 0.6) is 0 Å². The van der Waals surface area contributed by atoms with E-state index in [4.69, 9.17) is 0 Å². The summed E-state index contributed by atoms with van der Waals surface area (Å²) in [5.41, 5.74) is 3.19. The first-order chi connectivity index (χ1) is 7.06. The summed E-state index contributed by atoms with van der Waals surface area (Å²) in [7, 11) is 0. The molecule has 82 valence electrons. The Morgan fingerprint density at radius 2 is 2.00 bits per heavy atom. The van der Waals surface area contributed by atoms with Crippen LogP contribution < -0.4 is 5.32 Å². The summed E-state index contributed by atoms with van der Waals surface area (Å²) in [6, 6.07) is 5.77. The Kier molecular flexibility index (Phi) is 4.04. The Balaban J connectivity index is 2.87. The summed E-state index contributed by atoms with van der Waals surface area (Å²) >= 11 is 0. The van der Waals surface area contributed by atoms with E-state index in [1.165, 1.54) is 11.1 Å². The molecule has 0 saturated carbocycles. The molecule has 0 radical (unpaired) electrons. The minimum Gasteiger partial charge on any atom is -0.308 e. The van der Waals surface area contributed by atoms with Gasteiger partial charge in [-0.25, -0.2) is 0 Å². The zero-order valence-corrected chi connectivity index (χ0v) is 9.92. The molecule has 0 bridgehead atoms. The van der Waals surface area contributed by atoms with Gasteiger partial charge in [-0.3, -0.25) is 4.79 Å². The monoisotopic (exact) mass is 205 g/mol. The lowest BCUT2D eigenvalue weighted by molar-refractivity contribution is 0.0952. The summed E-state index contributed by atoms with van der Waals surface area (Å²) in [6.07, 6.45) is 0. The van der Waals surface area contributed by atoms with Crippen molar-refractivity contribution in [2.75, 3.05) is 6.54 Å². The molecule has 0 spiro atoms. The fourth-order valence-corrected chi connectivity index (χ4v) is 1.54. The van der Waals surface area contributed by atoms with Crippen LogP contribution in [0.3, 0.4) is 0 Å². The molecule has 1 rings (SSSR count). The molecule has 2 nitrogen and oxygen atoms in total. The number of rotatable bonds is 4. The number of hydrogen-bond acceptors (Lipinski definition) is 2. The lowest BCUT2D eigenvalue weighted by Gasteiger charge is -2.12. The van der Waals surface area contributed by atoms with Crippen molar-refractivity contribution in [3.8, 4) is 0 Å². The first-order valence-corrected chi connectivity index (χ1v) is 5.41. The number of ketones is 1. The number of likely N-dealkylation sites (N-methyl/N-ethyl adjacent to an activating group) is 1. The number of carbonyl (C=O) groups is 1. The maximum atomic E-state index is 11.9. The van der Waals surface area contributed by atoms with Crippen LogP contribution >= 0.6 is 0 Å². The number of aryl methyl sites for hydroxylation is 2. The highest BCUT2D eigenvalue weighted by molar-refractivity contribution is 6.00. The van der Waals surface area contributed by atoms with Gasteiger partial charge in [-0.1, -0.05) is 19.1 Å². The third kappa shape index (κ3) is 2.90. The average molecular weight is 205 g/mol. The van der Waals surface area contributed by atoms with Gasteiger partial charge in [0.05, 0.1) is 6.04 Å². The summed E-state index contributed by atoms with van der Waals surface area (Å²) in [6.45, 7) is 8.81. The van der Waals surface area contributed by atoms with Crippen molar-refractivity contribution < 1.29 is 4.79 Å². The molecule has 0 amide bonds. The molecule has 1 aromatic carbocycles. The van der Waals surface area contributed by atoms with Gasteiger partial charge in [0.1, 0.15) is 0 Å². The summed E-state index contributed by atoms with van der Waals surface area (Å²) in [5, 5.41) is 3.13. The number of nitrogens with one attached hydrogen (secondary N) is 1. The molecule has 0 fully saturated rings. The average Bonchev–Trinajstić information content (AvgIpc) is 2.21. The van der Waals surface area contributed by atoms with E-state index in [0.29, 0.717) is 0 Å². The second-order valence-corrected chi connectivity index (χ2v) is 3.94. The Hall–Kier alpha value is -1.15. The first-order valence-electron chi connectivity index (χ1n) is 5.41. The van der Waals surface area contributed by atoms with Gasteiger partial charge >= 0.3 is 0 Å². The lowest BCUT2D eigenvalue weighted by Crippen LogP contribution is -2.33. The molecule has 2 heteroatoms. The number of carbonyl (C=O) groups excluding carboxylic acids is 1. The van der Waals surface area contributed by atoms with Gasteiger partial charge in [-0.15, -0.1) is 0 Å². The third-order valence-electron chi connectivity index (χ3n) is 2.70. The van der Waals surface area contributed by atoms with Crippen molar-refractivity contribution >= 4 is 5.78 Å². The number of Topliss-reactive ketones (excluding diaryl/α,β-unsaturated/α-hetero) is 1. The van der Waals surface area contributed by atoms with Crippen LogP contribution in [-0.4, -0.2) is 18.4 Å². The lowest BCUT2D eigenvalue weighted by atomic mass is 10.0. The zero-order chi connectivity index (χ0) is 11.4. The minimum absolute atomic E-state index is 0.0999. The highest BCUT2D eigenvalue weighted by atomic mass is 16.1. The highest BCUT2D eigenvalue weighted by Crippen LogP contribution is 2.11. The van der Waals surface area contributed by atoms with E-state index in [9.17, 15) is 4.79 Å². The van der Waals surface area contributed by atoms with E-state index in [-0.39, 0.29) is 11.8 Å². The normalized spacial score (nSPS) is 12.5. The highest BCUT2D eigenvalue weighted by Gasteiger charge is 2.13.